The maximum Gasteiger partial charge on any atom is 0.244 e. The summed E-state index contributed by atoms with van der Waals surface area (Å²) in [7, 11) is -1.73. The summed E-state index contributed by atoms with van der Waals surface area (Å²) in [6, 6.07) is 7.04. The van der Waals surface area contributed by atoms with E-state index in [2.05, 4.69) is 0 Å². The lowest BCUT2D eigenvalue weighted by molar-refractivity contribution is 0.0962. The van der Waals surface area contributed by atoms with Crippen LogP contribution in [0.1, 0.15) is 25.3 Å². The summed E-state index contributed by atoms with van der Waals surface area (Å²) in [4.78, 5) is 0.378. The van der Waals surface area contributed by atoms with Crippen molar-refractivity contribution < 1.29 is 13.2 Å². The largest absolute Gasteiger partial charge is 0.380 e. The molecule has 0 radical (unpaired) electrons. The normalized spacial score (nSPS) is 37.1. The van der Waals surface area contributed by atoms with Gasteiger partial charge in [-0.1, -0.05) is 17.7 Å². The van der Waals surface area contributed by atoms with Crippen LogP contribution in [-0.4, -0.2) is 37.5 Å². The van der Waals surface area contributed by atoms with Crippen LogP contribution >= 0.6 is 0 Å². The molecule has 104 valence electrons. The van der Waals surface area contributed by atoms with Crippen LogP contribution in [0.15, 0.2) is 29.2 Å². The van der Waals surface area contributed by atoms with Crippen LogP contribution in [0.2, 0.25) is 0 Å². The summed E-state index contributed by atoms with van der Waals surface area (Å²) in [5.74, 6) is 0. The number of aryl methyl sites for hydroxylation is 1. The fraction of sp³-hybridized carbons (Fsp3) is 0.571. The second-order valence-electron chi connectivity index (χ2n) is 5.73. The third-order valence-electron chi connectivity index (χ3n) is 4.49. The lowest BCUT2D eigenvalue weighted by atomic mass is 10.1. The predicted octanol–water partition coefficient (Wildman–Crippen LogP) is 1.94. The number of rotatable bonds is 3. The second kappa shape index (κ2) is 4.04. The van der Waals surface area contributed by atoms with E-state index in [1.807, 2.05) is 26.0 Å². The Kier molecular flexibility index (Phi) is 2.78. The minimum atomic E-state index is -3.39. The van der Waals surface area contributed by atoms with Crippen molar-refractivity contribution >= 4 is 10.0 Å². The summed E-state index contributed by atoms with van der Waals surface area (Å²) >= 11 is 0. The van der Waals surface area contributed by atoms with E-state index in [-0.39, 0.29) is 17.7 Å². The molecule has 3 rings (SSSR count). The molecule has 19 heavy (non-hydrogen) atoms. The molecule has 4 atom stereocenters. The quantitative estimate of drug-likeness (QED) is 0.795. The first-order valence-corrected chi connectivity index (χ1v) is 7.99. The van der Waals surface area contributed by atoms with Crippen molar-refractivity contribution in [3.8, 4) is 0 Å². The van der Waals surface area contributed by atoms with Crippen molar-refractivity contribution in [1.82, 2.24) is 4.31 Å². The first-order valence-electron chi connectivity index (χ1n) is 6.55. The van der Waals surface area contributed by atoms with Crippen molar-refractivity contribution in [2.75, 3.05) is 7.11 Å². The molecule has 1 aliphatic heterocycles. The topological polar surface area (TPSA) is 46.4 Å². The van der Waals surface area contributed by atoms with E-state index in [1.54, 1.807) is 23.5 Å². The molecule has 0 bridgehead atoms. The zero-order chi connectivity index (χ0) is 13.8. The predicted molar refractivity (Wildman–Crippen MR) is 72.4 cm³/mol. The third-order valence-corrected chi connectivity index (χ3v) is 6.52. The second-order valence-corrected chi connectivity index (χ2v) is 7.54. The summed E-state index contributed by atoms with van der Waals surface area (Å²) in [6.45, 7) is 3.97. The summed E-state index contributed by atoms with van der Waals surface area (Å²) in [5.41, 5.74) is 0.815. The summed E-state index contributed by atoms with van der Waals surface area (Å²) in [6.07, 6.45) is 1.85. The van der Waals surface area contributed by atoms with Gasteiger partial charge in [-0.05, 0) is 38.8 Å². The summed E-state index contributed by atoms with van der Waals surface area (Å²) < 4.78 is 32.3. The van der Waals surface area contributed by atoms with Gasteiger partial charge < -0.3 is 4.74 Å². The van der Waals surface area contributed by atoms with Gasteiger partial charge in [0.25, 0.3) is 0 Å². The maximum absolute atomic E-state index is 12.7. The molecule has 0 spiro atoms. The van der Waals surface area contributed by atoms with Crippen molar-refractivity contribution in [3.05, 3.63) is 29.8 Å². The molecule has 0 amide bonds. The Morgan fingerprint density at radius 1 is 1.32 bits per heavy atom. The Morgan fingerprint density at radius 3 is 2.53 bits per heavy atom. The Balaban J connectivity index is 1.93. The Labute approximate surface area is 114 Å². The number of ether oxygens (including phenoxy) is 1. The number of fused-ring (bicyclic) bond motifs is 1. The number of benzene rings is 1. The standard InChI is InChI=1S/C14H19NO3S/c1-10-4-6-11(7-5-10)19(16,17)15-13-12(18-3)8-9-14(13,15)2/h4-7,12-13H,8-9H2,1-3H3/t12-,13-,14+,15?/m1/s1. The third kappa shape index (κ3) is 1.75. The molecule has 0 N–H and O–H groups in total. The molecule has 1 saturated carbocycles. The number of hydrogen-bond donors (Lipinski definition) is 0. The molecule has 1 aromatic carbocycles. The number of hydrogen-bond acceptors (Lipinski definition) is 3. The van der Waals surface area contributed by atoms with Gasteiger partial charge in [0.2, 0.25) is 10.0 Å². The average molecular weight is 281 g/mol. The van der Waals surface area contributed by atoms with Crippen LogP contribution in [0.5, 0.6) is 0 Å². The zero-order valence-corrected chi connectivity index (χ0v) is 12.3. The van der Waals surface area contributed by atoms with Crippen molar-refractivity contribution in [2.24, 2.45) is 0 Å². The first kappa shape index (κ1) is 13.1. The van der Waals surface area contributed by atoms with E-state index >= 15 is 0 Å². The van der Waals surface area contributed by atoms with E-state index in [1.165, 1.54) is 0 Å². The highest BCUT2D eigenvalue weighted by Crippen LogP contribution is 2.56. The van der Waals surface area contributed by atoms with Crippen molar-refractivity contribution in [3.63, 3.8) is 0 Å². The van der Waals surface area contributed by atoms with Gasteiger partial charge in [0.1, 0.15) is 0 Å². The van der Waals surface area contributed by atoms with Crippen molar-refractivity contribution in [1.29, 1.82) is 0 Å². The van der Waals surface area contributed by atoms with Gasteiger partial charge in [0.05, 0.1) is 22.6 Å². The molecule has 1 heterocycles. The molecule has 1 aromatic rings. The first-order chi connectivity index (χ1) is 8.91. The Bertz CT molecular complexity index is 596. The highest BCUT2D eigenvalue weighted by atomic mass is 32.2. The maximum atomic E-state index is 12.7. The molecule has 4 nitrogen and oxygen atoms in total. The van der Waals surface area contributed by atoms with Crippen LogP contribution in [0, 0.1) is 6.92 Å². The van der Waals surface area contributed by atoms with Crippen LogP contribution in [0.3, 0.4) is 0 Å². The number of nitrogens with zero attached hydrogens (tertiary/aromatic N) is 1. The molecule has 2 fully saturated rings. The zero-order valence-electron chi connectivity index (χ0n) is 11.5. The van der Waals surface area contributed by atoms with E-state index < -0.39 is 10.0 Å². The van der Waals surface area contributed by atoms with Gasteiger partial charge >= 0.3 is 0 Å². The van der Waals surface area contributed by atoms with Crippen LogP contribution < -0.4 is 0 Å². The molecule has 1 unspecified atom stereocenters. The highest BCUT2D eigenvalue weighted by molar-refractivity contribution is 7.89. The van der Waals surface area contributed by atoms with Gasteiger partial charge in [-0.15, -0.1) is 0 Å². The fourth-order valence-electron chi connectivity index (χ4n) is 3.32. The molecule has 2 aliphatic rings. The fourth-order valence-corrected chi connectivity index (χ4v) is 5.39. The SMILES string of the molecule is CO[C@@H]1CC[C@@]2(C)[C@@H]1N2S(=O)(=O)c1ccc(C)cc1. The average Bonchev–Trinajstić information content (AvgIpc) is 2.86. The monoisotopic (exact) mass is 281 g/mol. The lowest BCUT2D eigenvalue weighted by Gasteiger charge is -2.16. The minimum absolute atomic E-state index is 0.00352. The van der Waals surface area contributed by atoms with E-state index in [4.69, 9.17) is 4.74 Å². The number of sulfonamides is 1. The van der Waals surface area contributed by atoms with E-state index in [0.29, 0.717) is 4.90 Å². The molecular weight excluding hydrogens is 262 g/mol. The van der Waals surface area contributed by atoms with E-state index in [9.17, 15) is 8.42 Å². The Hall–Kier alpha value is -0.910. The van der Waals surface area contributed by atoms with Crippen LogP contribution in [0.25, 0.3) is 0 Å². The van der Waals surface area contributed by atoms with Crippen LogP contribution in [-0.2, 0) is 14.8 Å². The Morgan fingerprint density at radius 2 is 1.95 bits per heavy atom. The van der Waals surface area contributed by atoms with Gasteiger partial charge in [-0.2, -0.15) is 4.31 Å². The highest BCUT2D eigenvalue weighted by Gasteiger charge is 2.71. The van der Waals surface area contributed by atoms with Gasteiger partial charge in [-0.3, -0.25) is 0 Å². The van der Waals surface area contributed by atoms with Gasteiger partial charge in [-0.25, -0.2) is 8.42 Å². The molecule has 5 heteroatoms. The molecule has 1 aliphatic carbocycles. The lowest BCUT2D eigenvalue weighted by Crippen LogP contribution is -2.26. The number of methoxy groups -OCH3 is 1. The van der Waals surface area contributed by atoms with Crippen molar-refractivity contribution in [2.45, 2.75) is 49.3 Å². The smallest absolute Gasteiger partial charge is 0.244 e. The molecule has 1 saturated heterocycles. The van der Waals surface area contributed by atoms with Crippen LogP contribution in [0.4, 0.5) is 0 Å². The minimum Gasteiger partial charge on any atom is -0.380 e. The molecular formula is C14H19NO3S. The van der Waals surface area contributed by atoms with Gasteiger partial charge in [0, 0.05) is 7.11 Å². The molecule has 0 aromatic heterocycles. The number of piperidine rings is 1. The summed E-state index contributed by atoms with van der Waals surface area (Å²) in [5, 5.41) is 0. The van der Waals surface area contributed by atoms with Gasteiger partial charge in [0.15, 0.2) is 0 Å². The van der Waals surface area contributed by atoms with E-state index in [0.717, 1.165) is 18.4 Å².